The highest BCUT2D eigenvalue weighted by atomic mass is 32.1. The third kappa shape index (κ3) is 6.91. The molecule has 6 nitrogen and oxygen atoms in total. The van der Waals surface area contributed by atoms with Crippen molar-refractivity contribution in [2.45, 2.75) is 18.6 Å². The molecule has 3 aromatic rings. The number of nitrogens with one attached hydrogen (secondary N) is 2. The number of benzene rings is 2. The molecule has 1 atom stereocenters. The average molecular weight is 476 g/mol. The Morgan fingerprint density at radius 1 is 0.939 bits per heavy atom. The van der Waals surface area contributed by atoms with Gasteiger partial charge in [0, 0.05) is 6.42 Å². The number of para-hydroxylation sites is 1. The van der Waals surface area contributed by atoms with Gasteiger partial charge in [0.25, 0.3) is 11.8 Å². The van der Waals surface area contributed by atoms with Gasteiger partial charge < -0.3 is 15.4 Å². The van der Waals surface area contributed by atoms with E-state index in [0.29, 0.717) is 4.88 Å². The van der Waals surface area contributed by atoms with E-state index in [4.69, 9.17) is 4.74 Å². The maximum absolute atomic E-state index is 13.1. The number of carbonyl (C=O) groups excluding carboxylic acids is 3. The van der Waals surface area contributed by atoms with Crippen molar-refractivity contribution in [3.63, 3.8) is 0 Å². The molecule has 3 rings (SSSR count). The number of esters is 1. The summed E-state index contributed by atoms with van der Waals surface area (Å²) in [4.78, 5) is 37.6. The summed E-state index contributed by atoms with van der Waals surface area (Å²) in [6.07, 6.45) is -4.55. The number of ether oxygens (including phenoxy) is 1. The van der Waals surface area contributed by atoms with E-state index in [-0.39, 0.29) is 6.42 Å². The van der Waals surface area contributed by atoms with Crippen molar-refractivity contribution in [2.24, 2.45) is 0 Å². The second-order valence-corrected chi connectivity index (χ2v) is 7.84. The van der Waals surface area contributed by atoms with Crippen LogP contribution in [0.3, 0.4) is 0 Å². The van der Waals surface area contributed by atoms with Crippen LogP contribution in [-0.2, 0) is 26.9 Å². The molecule has 2 N–H and O–H groups in total. The molecule has 0 aliphatic heterocycles. The topological polar surface area (TPSA) is 84.5 Å². The molecule has 0 radical (unpaired) electrons. The maximum atomic E-state index is 13.1. The van der Waals surface area contributed by atoms with Gasteiger partial charge in [-0.3, -0.25) is 9.59 Å². The number of halogens is 3. The number of carbonyl (C=O) groups is 3. The minimum absolute atomic E-state index is 0.106. The Labute approximate surface area is 191 Å². The minimum atomic E-state index is -4.66. The summed E-state index contributed by atoms with van der Waals surface area (Å²) in [5, 5.41) is 6.40. The van der Waals surface area contributed by atoms with E-state index in [1.54, 1.807) is 47.8 Å². The van der Waals surface area contributed by atoms with E-state index in [2.05, 4.69) is 10.6 Å². The molecule has 0 spiro atoms. The number of anilines is 1. The minimum Gasteiger partial charge on any atom is -0.454 e. The van der Waals surface area contributed by atoms with Crippen molar-refractivity contribution in [3.8, 4) is 0 Å². The fraction of sp³-hybridized carbons (Fsp3) is 0.174. The summed E-state index contributed by atoms with van der Waals surface area (Å²) >= 11 is 1.19. The Hall–Kier alpha value is -3.66. The van der Waals surface area contributed by atoms with Crippen LogP contribution in [0.1, 0.15) is 20.8 Å². The van der Waals surface area contributed by atoms with Crippen LogP contribution in [0, 0.1) is 0 Å². The van der Waals surface area contributed by atoms with E-state index >= 15 is 0 Å². The average Bonchev–Trinajstić information content (AvgIpc) is 3.32. The number of thiophene rings is 1. The predicted molar refractivity (Wildman–Crippen MR) is 117 cm³/mol. The van der Waals surface area contributed by atoms with Gasteiger partial charge in [-0.1, -0.05) is 48.5 Å². The van der Waals surface area contributed by atoms with Gasteiger partial charge in [0.15, 0.2) is 6.61 Å². The zero-order valence-electron chi connectivity index (χ0n) is 17.1. The molecular formula is C23H19F3N2O4S. The highest BCUT2D eigenvalue weighted by Gasteiger charge is 2.33. The lowest BCUT2D eigenvalue weighted by Crippen LogP contribution is -2.43. The van der Waals surface area contributed by atoms with Gasteiger partial charge in [-0.15, -0.1) is 11.3 Å². The van der Waals surface area contributed by atoms with Crippen LogP contribution in [0.5, 0.6) is 0 Å². The zero-order chi connectivity index (χ0) is 23.8. The van der Waals surface area contributed by atoms with Crippen LogP contribution in [0.15, 0.2) is 72.1 Å². The molecule has 0 unspecified atom stereocenters. The van der Waals surface area contributed by atoms with Crippen LogP contribution < -0.4 is 10.6 Å². The van der Waals surface area contributed by atoms with Crippen molar-refractivity contribution in [2.75, 3.05) is 11.9 Å². The number of alkyl halides is 3. The number of hydrogen-bond acceptors (Lipinski definition) is 5. The molecule has 0 saturated heterocycles. The van der Waals surface area contributed by atoms with Gasteiger partial charge >= 0.3 is 12.1 Å². The zero-order valence-corrected chi connectivity index (χ0v) is 17.9. The fourth-order valence-corrected chi connectivity index (χ4v) is 3.57. The lowest BCUT2D eigenvalue weighted by atomic mass is 10.1. The first-order valence-corrected chi connectivity index (χ1v) is 10.6. The van der Waals surface area contributed by atoms with Crippen LogP contribution in [0.4, 0.5) is 18.9 Å². The van der Waals surface area contributed by atoms with Gasteiger partial charge in [0.05, 0.1) is 16.1 Å². The molecule has 1 heterocycles. The summed E-state index contributed by atoms with van der Waals surface area (Å²) in [5.41, 5.74) is -0.720. The second-order valence-electron chi connectivity index (χ2n) is 6.89. The second kappa shape index (κ2) is 10.8. The molecule has 0 bridgehead atoms. The highest BCUT2D eigenvalue weighted by molar-refractivity contribution is 7.12. The Morgan fingerprint density at radius 2 is 1.64 bits per heavy atom. The lowest BCUT2D eigenvalue weighted by molar-refractivity contribution is -0.149. The summed E-state index contributed by atoms with van der Waals surface area (Å²) < 4.78 is 44.3. The third-order valence-corrected chi connectivity index (χ3v) is 5.34. The Bertz CT molecular complexity index is 1100. The molecule has 2 amide bonds. The Morgan fingerprint density at radius 3 is 2.30 bits per heavy atom. The number of hydrogen-bond donors (Lipinski definition) is 2. The van der Waals surface area contributed by atoms with E-state index in [1.807, 2.05) is 0 Å². The lowest BCUT2D eigenvalue weighted by Gasteiger charge is -2.18. The highest BCUT2D eigenvalue weighted by Crippen LogP contribution is 2.34. The van der Waals surface area contributed by atoms with E-state index < -0.39 is 47.9 Å². The summed E-state index contributed by atoms with van der Waals surface area (Å²) in [6.45, 7) is -0.814. The first-order chi connectivity index (χ1) is 15.7. The van der Waals surface area contributed by atoms with Crippen molar-refractivity contribution in [1.82, 2.24) is 5.32 Å². The molecule has 10 heteroatoms. The number of amides is 2. The third-order valence-electron chi connectivity index (χ3n) is 4.47. The fourth-order valence-electron chi connectivity index (χ4n) is 2.94. The van der Waals surface area contributed by atoms with Crippen molar-refractivity contribution >= 4 is 34.8 Å². The van der Waals surface area contributed by atoms with E-state index in [1.165, 1.54) is 23.5 Å². The Kier molecular flexibility index (Phi) is 7.83. The van der Waals surface area contributed by atoms with E-state index in [9.17, 15) is 27.6 Å². The van der Waals surface area contributed by atoms with Gasteiger partial charge in [-0.05, 0) is 29.1 Å². The monoisotopic (exact) mass is 476 g/mol. The van der Waals surface area contributed by atoms with Crippen LogP contribution in [-0.4, -0.2) is 30.4 Å². The maximum Gasteiger partial charge on any atom is 0.418 e. The quantitative estimate of drug-likeness (QED) is 0.475. The van der Waals surface area contributed by atoms with Gasteiger partial charge in [-0.2, -0.15) is 13.2 Å². The van der Waals surface area contributed by atoms with Crippen LogP contribution in [0.25, 0.3) is 0 Å². The molecular weight excluding hydrogens is 457 g/mol. The first-order valence-electron chi connectivity index (χ1n) is 9.75. The summed E-state index contributed by atoms with van der Waals surface area (Å²) in [5.74, 6) is -2.31. The standard InChI is InChI=1S/C23H19F3N2O4S/c24-23(25,26)16-9-4-5-10-17(16)27-20(29)14-32-22(31)18(13-15-7-2-1-3-8-15)28-21(30)19-11-6-12-33-19/h1-12,18H,13-14H2,(H,27,29)(H,28,30)/t18-/m0/s1. The molecule has 0 saturated carbocycles. The molecule has 33 heavy (non-hydrogen) atoms. The predicted octanol–water partition coefficient (Wildman–Crippen LogP) is 4.29. The molecule has 2 aromatic carbocycles. The van der Waals surface area contributed by atoms with Gasteiger partial charge in [0.2, 0.25) is 0 Å². The molecule has 0 aliphatic carbocycles. The molecule has 1 aromatic heterocycles. The van der Waals surface area contributed by atoms with Crippen LogP contribution in [0.2, 0.25) is 0 Å². The first kappa shape index (κ1) is 24.0. The van der Waals surface area contributed by atoms with E-state index in [0.717, 1.165) is 17.7 Å². The number of rotatable bonds is 8. The van der Waals surface area contributed by atoms with Gasteiger partial charge in [0.1, 0.15) is 6.04 Å². The molecule has 0 aliphatic rings. The molecule has 0 fully saturated rings. The molecule has 172 valence electrons. The SMILES string of the molecule is O=C(COC(=O)[C@H](Cc1ccccc1)NC(=O)c1cccs1)Nc1ccccc1C(F)(F)F. The summed E-state index contributed by atoms with van der Waals surface area (Å²) in [7, 11) is 0. The normalized spacial score (nSPS) is 12.0. The van der Waals surface area contributed by atoms with Crippen molar-refractivity contribution in [1.29, 1.82) is 0 Å². The largest absolute Gasteiger partial charge is 0.454 e. The Balaban J connectivity index is 1.65. The summed E-state index contributed by atoms with van der Waals surface area (Å²) in [6, 6.07) is 15.5. The van der Waals surface area contributed by atoms with Gasteiger partial charge in [-0.25, -0.2) is 4.79 Å². The smallest absolute Gasteiger partial charge is 0.418 e. The van der Waals surface area contributed by atoms with Crippen molar-refractivity contribution < 1.29 is 32.3 Å². The van der Waals surface area contributed by atoms with Crippen molar-refractivity contribution in [3.05, 3.63) is 88.1 Å². The van der Waals surface area contributed by atoms with Crippen LogP contribution >= 0.6 is 11.3 Å².